The van der Waals surface area contributed by atoms with Crippen molar-refractivity contribution in [3.63, 3.8) is 0 Å². The first-order valence-electron chi connectivity index (χ1n) is 8.31. The van der Waals surface area contributed by atoms with E-state index in [0.717, 1.165) is 21.6 Å². The number of benzene rings is 1. The summed E-state index contributed by atoms with van der Waals surface area (Å²) in [6.45, 7) is 2.53. The van der Waals surface area contributed by atoms with E-state index in [2.05, 4.69) is 15.6 Å². The van der Waals surface area contributed by atoms with Crippen LogP contribution in [-0.4, -0.2) is 23.2 Å². The van der Waals surface area contributed by atoms with Crippen molar-refractivity contribution in [1.29, 1.82) is 0 Å². The van der Waals surface area contributed by atoms with E-state index in [1.54, 1.807) is 12.4 Å². The lowest BCUT2D eigenvalue weighted by atomic mass is 10.0. The van der Waals surface area contributed by atoms with Crippen LogP contribution in [0.25, 0.3) is 11.1 Å². The SMILES string of the molecule is COC(=O)c1c(NC(=S)NCc2cccnc2)sc(C)c1-c1ccccc1. The van der Waals surface area contributed by atoms with E-state index in [4.69, 9.17) is 17.0 Å². The summed E-state index contributed by atoms with van der Waals surface area (Å²) in [5.74, 6) is -0.393. The number of esters is 1. The number of anilines is 1. The first-order chi connectivity index (χ1) is 13.1. The van der Waals surface area contributed by atoms with E-state index in [9.17, 15) is 4.79 Å². The molecular formula is C20H19N3O2S2. The molecule has 0 bridgehead atoms. The number of aryl methyl sites for hydroxylation is 1. The van der Waals surface area contributed by atoms with Gasteiger partial charge in [-0.25, -0.2) is 4.79 Å². The molecule has 0 spiro atoms. The van der Waals surface area contributed by atoms with Gasteiger partial charge >= 0.3 is 5.97 Å². The molecule has 27 heavy (non-hydrogen) atoms. The molecule has 3 aromatic rings. The summed E-state index contributed by atoms with van der Waals surface area (Å²) in [6, 6.07) is 13.6. The lowest BCUT2D eigenvalue weighted by molar-refractivity contribution is 0.0603. The summed E-state index contributed by atoms with van der Waals surface area (Å²) in [4.78, 5) is 17.6. The molecule has 5 nitrogen and oxygen atoms in total. The number of thiophene rings is 1. The van der Waals surface area contributed by atoms with Crippen molar-refractivity contribution in [3.05, 3.63) is 70.9 Å². The number of hydrogen-bond acceptors (Lipinski definition) is 5. The van der Waals surface area contributed by atoms with E-state index < -0.39 is 5.97 Å². The molecule has 2 N–H and O–H groups in total. The molecule has 0 aliphatic heterocycles. The first-order valence-corrected chi connectivity index (χ1v) is 9.53. The standard InChI is InChI=1S/C20H19N3O2S2/c1-13-16(15-8-4-3-5-9-15)17(19(24)25-2)18(27-13)23-20(26)22-12-14-7-6-10-21-11-14/h3-11H,12H2,1-2H3,(H2,22,23,26). The molecule has 7 heteroatoms. The maximum atomic E-state index is 12.5. The molecule has 0 saturated carbocycles. The molecule has 2 heterocycles. The van der Waals surface area contributed by atoms with E-state index in [1.807, 2.05) is 49.4 Å². The molecule has 0 aliphatic carbocycles. The minimum atomic E-state index is -0.393. The lowest BCUT2D eigenvalue weighted by Gasteiger charge is -2.11. The monoisotopic (exact) mass is 397 g/mol. The van der Waals surface area contributed by atoms with Gasteiger partial charge in [0, 0.05) is 29.4 Å². The van der Waals surface area contributed by atoms with Gasteiger partial charge in [0.05, 0.1) is 7.11 Å². The Morgan fingerprint density at radius 1 is 1.22 bits per heavy atom. The fourth-order valence-corrected chi connectivity index (χ4v) is 4.02. The van der Waals surface area contributed by atoms with E-state index in [-0.39, 0.29) is 0 Å². The zero-order valence-electron chi connectivity index (χ0n) is 15.0. The zero-order valence-corrected chi connectivity index (χ0v) is 16.6. The summed E-state index contributed by atoms with van der Waals surface area (Å²) in [7, 11) is 1.38. The maximum absolute atomic E-state index is 12.5. The fraction of sp³-hybridized carbons (Fsp3) is 0.150. The Bertz CT molecular complexity index is 941. The van der Waals surface area contributed by atoms with Crippen LogP contribution < -0.4 is 10.6 Å². The van der Waals surface area contributed by atoms with Gasteiger partial charge in [-0.05, 0) is 36.3 Å². The minimum absolute atomic E-state index is 0.393. The van der Waals surface area contributed by atoms with Gasteiger partial charge in [0.2, 0.25) is 0 Å². The fourth-order valence-electron chi connectivity index (χ4n) is 2.71. The Labute approximate surface area is 167 Å². The van der Waals surface area contributed by atoms with Gasteiger partial charge in [0.15, 0.2) is 5.11 Å². The highest BCUT2D eigenvalue weighted by Gasteiger charge is 2.24. The van der Waals surface area contributed by atoms with Gasteiger partial charge in [-0.2, -0.15) is 0 Å². The van der Waals surface area contributed by atoms with E-state index in [1.165, 1.54) is 18.4 Å². The summed E-state index contributed by atoms with van der Waals surface area (Å²) in [5, 5.41) is 7.38. The predicted octanol–water partition coefficient (Wildman–Crippen LogP) is 4.39. The molecule has 0 unspecified atom stereocenters. The number of carbonyl (C=O) groups is 1. The molecule has 1 aromatic carbocycles. The van der Waals surface area contributed by atoms with Crippen LogP contribution in [0.3, 0.4) is 0 Å². The van der Waals surface area contributed by atoms with Crippen molar-refractivity contribution in [2.24, 2.45) is 0 Å². The van der Waals surface area contributed by atoms with Crippen molar-refractivity contribution in [3.8, 4) is 11.1 Å². The smallest absolute Gasteiger partial charge is 0.341 e. The highest BCUT2D eigenvalue weighted by Crippen LogP contribution is 2.40. The lowest BCUT2D eigenvalue weighted by Crippen LogP contribution is -2.28. The van der Waals surface area contributed by atoms with Gasteiger partial charge in [-0.3, -0.25) is 4.98 Å². The highest BCUT2D eigenvalue weighted by atomic mass is 32.1. The number of ether oxygens (including phenoxy) is 1. The third-order valence-corrected chi connectivity index (χ3v) is 5.21. The normalized spacial score (nSPS) is 10.3. The van der Waals surface area contributed by atoms with Gasteiger partial charge in [-0.1, -0.05) is 36.4 Å². The molecule has 0 radical (unpaired) electrons. The van der Waals surface area contributed by atoms with Crippen LogP contribution in [0, 0.1) is 6.92 Å². The second kappa shape index (κ2) is 8.75. The second-order valence-corrected chi connectivity index (χ2v) is 7.40. The van der Waals surface area contributed by atoms with Crippen molar-refractivity contribution >= 4 is 39.6 Å². The van der Waals surface area contributed by atoms with Crippen molar-refractivity contribution in [2.45, 2.75) is 13.5 Å². The first kappa shape index (κ1) is 19.0. The summed E-state index contributed by atoms with van der Waals surface area (Å²) >= 11 is 6.88. The summed E-state index contributed by atoms with van der Waals surface area (Å²) in [6.07, 6.45) is 3.50. The highest BCUT2D eigenvalue weighted by molar-refractivity contribution is 7.80. The molecule has 2 aromatic heterocycles. The third kappa shape index (κ3) is 4.50. The van der Waals surface area contributed by atoms with Crippen molar-refractivity contribution in [1.82, 2.24) is 10.3 Å². The van der Waals surface area contributed by atoms with Crippen molar-refractivity contribution in [2.75, 3.05) is 12.4 Å². The number of hydrogen-bond donors (Lipinski definition) is 2. The summed E-state index contributed by atoms with van der Waals surface area (Å²) in [5.41, 5.74) is 3.35. The Morgan fingerprint density at radius 2 is 2.00 bits per heavy atom. The van der Waals surface area contributed by atoms with Gasteiger partial charge < -0.3 is 15.4 Å². The summed E-state index contributed by atoms with van der Waals surface area (Å²) < 4.78 is 5.02. The molecule has 138 valence electrons. The number of nitrogens with zero attached hydrogens (tertiary/aromatic N) is 1. The van der Waals surface area contributed by atoms with E-state index in [0.29, 0.717) is 22.2 Å². The number of thiocarbonyl (C=S) groups is 1. The van der Waals surface area contributed by atoms with Gasteiger partial charge in [0.1, 0.15) is 10.6 Å². The number of aromatic nitrogens is 1. The molecule has 0 atom stereocenters. The topological polar surface area (TPSA) is 63.2 Å². The molecular weight excluding hydrogens is 378 g/mol. The quantitative estimate of drug-likeness (QED) is 0.492. The number of pyridine rings is 1. The molecule has 0 aliphatic rings. The zero-order chi connectivity index (χ0) is 19.2. The molecule has 0 fully saturated rings. The Balaban J connectivity index is 1.84. The number of nitrogens with one attached hydrogen (secondary N) is 2. The van der Waals surface area contributed by atoms with Crippen LogP contribution in [0.15, 0.2) is 54.9 Å². The van der Waals surface area contributed by atoms with Crippen LogP contribution in [0.4, 0.5) is 5.00 Å². The Hall–Kier alpha value is -2.77. The minimum Gasteiger partial charge on any atom is -0.465 e. The number of rotatable bonds is 5. The predicted molar refractivity (Wildman–Crippen MR) is 113 cm³/mol. The largest absolute Gasteiger partial charge is 0.465 e. The van der Waals surface area contributed by atoms with Crippen LogP contribution in [0.5, 0.6) is 0 Å². The van der Waals surface area contributed by atoms with Crippen LogP contribution in [0.1, 0.15) is 20.8 Å². The van der Waals surface area contributed by atoms with Gasteiger partial charge in [0.25, 0.3) is 0 Å². The maximum Gasteiger partial charge on any atom is 0.341 e. The van der Waals surface area contributed by atoms with Crippen LogP contribution in [-0.2, 0) is 11.3 Å². The third-order valence-electron chi connectivity index (χ3n) is 3.94. The Morgan fingerprint density at radius 3 is 2.67 bits per heavy atom. The molecule has 0 saturated heterocycles. The number of carbonyl (C=O) groups excluding carboxylic acids is 1. The average molecular weight is 398 g/mol. The average Bonchev–Trinajstić information content (AvgIpc) is 3.02. The molecule has 0 amide bonds. The second-order valence-electron chi connectivity index (χ2n) is 5.76. The molecule has 3 rings (SSSR count). The number of methoxy groups -OCH3 is 1. The van der Waals surface area contributed by atoms with E-state index >= 15 is 0 Å². The van der Waals surface area contributed by atoms with Crippen molar-refractivity contribution < 1.29 is 9.53 Å². The Kier molecular flexibility index (Phi) is 6.16. The van der Waals surface area contributed by atoms with Crippen LogP contribution >= 0.6 is 23.6 Å². The van der Waals surface area contributed by atoms with Crippen LogP contribution in [0.2, 0.25) is 0 Å². The van der Waals surface area contributed by atoms with Gasteiger partial charge in [-0.15, -0.1) is 11.3 Å².